The highest BCUT2D eigenvalue weighted by molar-refractivity contribution is 7.94. The standard InChI is InChI=1S/C12H11N3O2S2.ClH/c16-19(17,12-7-14-8-18-12)15-11-2-1-10-6-13-4-3-9(10)5-11;/h1-5,7-8,13,15H,6H2;1H. The van der Waals surface area contributed by atoms with E-state index in [2.05, 4.69) is 15.0 Å². The summed E-state index contributed by atoms with van der Waals surface area (Å²) in [6.45, 7) is 0.758. The van der Waals surface area contributed by atoms with Crippen LogP contribution in [0.1, 0.15) is 11.1 Å². The van der Waals surface area contributed by atoms with E-state index in [1.165, 1.54) is 11.7 Å². The van der Waals surface area contributed by atoms with E-state index in [0.29, 0.717) is 5.69 Å². The predicted molar refractivity (Wildman–Crippen MR) is 82.5 cm³/mol. The number of halogens is 1. The molecule has 2 aromatic rings. The van der Waals surface area contributed by atoms with Gasteiger partial charge in [0, 0.05) is 12.2 Å². The van der Waals surface area contributed by atoms with Crippen LogP contribution >= 0.6 is 23.7 Å². The molecule has 1 aliphatic rings. The average molecular weight is 330 g/mol. The third-order valence-electron chi connectivity index (χ3n) is 2.75. The normalized spacial score (nSPS) is 13.0. The molecule has 8 heteroatoms. The van der Waals surface area contributed by atoms with Crippen LogP contribution in [0.15, 0.2) is 40.3 Å². The average Bonchev–Trinajstić information content (AvgIpc) is 2.93. The molecule has 0 saturated carbocycles. The number of thiazole rings is 1. The van der Waals surface area contributed by atoms with Gasteiger partial charge in [0.2, 0.25) is 0 Å². The lowest BCUT2D eigenvalue weighted by atomic mass is 10.0. The topological polar surface area (TPSA) is 71.1 Å². The van der Waals surface area contributed by atoms with Crippen LogP contribution in [0, 0.1) is 0 Å². The fraction of sp³-hybridized carbons (Fsp3) is 0.0833. The van der Waals surface area contributed by atoms with Gasteiger partial charge in [-0.05, 0) is 35.5 Å². The quantitative estimate of drug-likeness (QED) is 0.907. The van der Waals surface area contributed by atoms with Gasteiger partial charge in [0.05, 0.1) is 11.7 Å². The van der Waals surface area contributed by atoms with Crippen molar-refractivity contribution in [3.63, 3.8) is 0 Å². The monoisotopic (exact) mass is 329 g/mol. The second-order valence-corrected chi connectivity index (χ2v) is 6.85. The fourth-order valence-corrected chi connectivity index (χ4v) is 3.68. The summed E-state index contributed by atoms with van der Waals surface area (Å²) < 4.78 is 26.9. The van der Waals surface area contributed by atoms with E-state index in [4.69, 9.17) is 0 Å². The molecule has 0 amide bonds. The Morgan fingerprint density at radius 3 is 2.95 bits per heavy atom. The van der Waals surface area contributed by atoms with Crippen molar-refractivity contribution in [3.8, 4) is 0 Å². The Bertz CT molecular complexity index is 727. The molecule has 0 aliphatic carbocycles. The van der Waals surface area contributed by atoms with Crippen molar-refractivity contribution >= 4 is 45.5 Å². The molecule has 106 valence electrons. The maximum absolute atomic E-state index is 12.1. The SMILES string of the molecule is Cl.O=S(=O)(Nc1ccc2c(c1)C=CNC2)c1cncs1. The number of hydrogen-bond donors (Lipinski definition) is 2. The van der Waals surface area contributed by atoms with E-state index in [1.807, 2.05) is 24.4 Å². The lowest BCUT2D eigenvalue weighted by molar-refractivity contribution is 0.603. The Labute approximate surface area is 127 Å². The van der Waals surface area contributed by atoms with E-state index in [9.17, 15) is 8.42 Å². The highest BCUT2D eigenvalue weighted by Crippen LogP contribution is 2.23. The molecule has 0 unspecified atom stereocenters. The molecule has 3 rings (SSSR count). The first-order valence-corrected chi connectivity index (χ1v) is 7.96. The van der Waals surface area contributed by atoms with Crippen LogP contribution in [0.5, 0.6) is 0 Å². The summed E-state index contributed by atoms with van der Waals surface area (Å²) in [4.78, 5) is 3.78. The third kappa shape index (κ3) is 2.95. The molecule has 1 aromatic heterocycles. The smallest absolute Gasteiger partial charge is 0.273 e. The number of fused-ring (bicyclic) bond motifs is 1. The second-order valence-electron chi connectivity index (χ2n) is 4.05. The summed E-state index contributed by atoms with van der Waals surface area (Å²) in [7, 11) is -3.53. The number of sulfonamides is 1. The number of nitrogens with zero attached hydrogens (tertiary/aromatic N) is 1. The number of benzene rings is 1. The Kier molecular flexibility index (Phi) is 4.32. The van der Waals surface area contributed by atoms with Gasteiger partial charge in [-0.15, -0.1) is 23.7 Å². The van der Waals surface area contributed by atoms with Crippen LogP contribution in [-0.2, 0) is 16.6 Å². The molecule has 2 N–H and O–H groups in total. The lowest BCUT2D eigenvalue weighted by Gasteiger charge is -2.14. The maximum Gasteiger partial charge on any atom is 0.273 e. The van der Waals surface area contributed by atoms with Crippen molar-refractivity contribution in [1.29, 1.82) is 0 Å². The van der Waals surface area contributed by atoms with Gasteiger partial charge < -0.3 is 5.32 Å². The van der Waals surface area contributed by atoms with Crippen molar-refractivity contribution in [2.45, 2.75) is 10.8 Å². The fourth-order valence-electron chi connectivity index (χ4n) is 1.83. The zero-order valence-electron chi connectivity index (χ0n) is 10.2. The molecular formula is C12H12ClN3O2S2. The van der Waals surface area contributed by atoms with Crippen LogP contribution in [0.3, 0.4) is 0 Å². The number of aromatic nitrogens is 1. The first-order valence-electron chi connectivity index (χ1n) is 5.59. The minimum atomic E-state index is -3.53. The Balaban J connectivity index is 0.00000147. The number of hydrogen-bond acceptors (Lipinski definition) is 5. The Hall–Kier alpha value is -1.57. The number of anilines is 1. The van der Waals surface area contributed by atoms with Gasteiger partial charge >= 0.3 is 0 Å². The van der Waals surface area contributed by atoms with Gasteiger partial charge in [0.1, 0.15) is 0 Å². The van der Waals surface area contributed by atoms with Crippen LogP contribution in [0.4, 0.5) is 5.69 Å². The molecular weight excluding hydrogens is 318 g/mol. The summed E-state index contributed by atoms with van der Waals surface area (Å²) in [5.41, 5.74) is 4.21. The zero-order chi connectivity index (χ0) is 13.3. The van der Waals surface area contributed by atoms with Gasteiger partial charge in [0.25, 0.3) is 10.0 Å². The minimum absolute atomic E-state index is 0. The Morgan fingerprint density at radius 1 is 1.35 bits per heavy atom. The van der Waals surface area contributed by atoms with E-state index in [1.54, 1.807) is 6.07 Å². The highest BCUT2D eigenvalue weighted by atomic mass is 35.5. The molecule has 1 aromatic carbocycles. The van der Waals surface area contributed by atoms with Crippen molar-refractivity contribution in [1.82, 2.24) is 10.3 Å². The lowest BCUT2D eigenvalue weighted by Crippen LogP contribution is -2.13. The van der Waals surface area contributed by atoms with E-state index in [-0.39, 0.29) is 16.6 Å². The third-order valence-corrected chi connectivity index (χ3v) is 5.40. The largest absolute Gasteiger partial charge is 0.387 e. The number of rotatable bonds is 3. The molecule has 0 saturated heterocycles. The van der Waals surface area contributed by atoms with Gasteiger partial charge in [0.15, 0.2) is 4.21 Å². The number of nitrogens with one attached hydrogen (secondary N) is 2. The van der Waals surface area contributed by atoms with Crippen molar-refractivity contribution < 1.29 is 8.42 Å². The summed E-state index contributed by atoms with van der Waals surface area (Å²) in [5, 5.41) is 3.11. The van der Waals surface area contributed by atoms with E-state index < -0.39 is 10.0 Å². The van der Waals surface area contributed by atoms with Crippen molar-refractivity contribution in [3.05, 3.63) is 47.2 Å². The summed E-state index contributed by atoms with van der Waals surface area (Å²) >= 11 is 1.09. The summed E-state index contributed by atoms with van der Waals surface area (Å²) in [6.07, 6.45) is 5.11. The van der Waals surface area contributed by atoms with Crippen molar-refractivity contribution in [2.75, 3.05) is 4.72 Å². The molecule has 0 spiro atoms. The first-order chi connectivity index (χ1) is 9.15. The predicted octanol–water partition coefficient (Wildman–Crippen LogP) is 2.44. The van der Waals surface area contributed by atoms with Gasteiger partial charge in [-0.25, -0.2) is 8.42 Å². The molecule has 0 bridgehead atoms. The molecule has 5 nitrogen and oxygen atoms in total. The van der Waals surface area contributed by atoms with Gasteiger partial charge in [-0.3, -0.25) is 9.71 Å². The zero-order valence-corrected chi connectivity index (χ0v) is 12.7. The van der Waals surface area contributed by atoms with Gasteiger partial charge in [-0.1, -0.05) is 6.07 Å². The maximum atomic E-state index is 12.1. The van der Waals surface area contributed by atoms with Crippen LogP contribution in [0.2, 0.25) is 0 Å². The van der Waals surface area contributed by atoms with E-state index in [0.717, 1.165) is 29.0 Å². The molecule has 0 fully saturated rings. The van der Waals surface area contributed by atoms with E-state index >= 15 is 0 Å². The highest BCUT2D eigenvalue weighted by Gasteiger charge is 2.16. The Morgan fingerprint density at radius 2 is 2.20 bits per heavy atom. The molecule has 20 heavy (non-hydrogen) atoms. The summed E-state index contributed by atoms with van der Waals surface area (Å²) in [6, 6.07) is 5.50. The van der Waals surface area contributed by atoms with Crippen LogP contribution < -0.4 is 10.0 Å². The van der Waals surface area contributed by atoms with Crippen LogP contribution in [-0.4, -0.2) is 13.4 Å². The van der Waals surface area contributed by atoms with Crippen molar-refractivity contribution in [2.24, 2.45) is 0 Å². The minimum Gasteiger partial charge on any atom is -0.387 e. The van der Waals surface area contributed by atoms with Crippen LogP contribution in [0.25, 0.3) is 6.08 Å². The first kappa shape index (κ1) is 14.8. The van der Waals surface area contributed by atoms with Gasteiger partial charge in [-0.2, -0.15) is 0 Å². The molecule has 0 radical (unpaired) electrons. The summed E-state index contributed by atoms with van der Waals surface area (Å²) in [5.74, 6) is 0. The second kappa shape index (κ2) is 5.82. The molecule has 1 aliphatic heterocycles. The molecule has 2 heterocycles. The molecule has 0 atom stereocenters.